The molecule has 1 fully saturated rings. The topological polar surface area (TPSA) is 101 Å². The first-order chi connectivity index (χ1) is 16.3. The fraction of sp³-hybridized carbons (Fsp3) is 0.346. The van der Waals surface area contributed by atoms with Crippen LogP contribution < -0.4 is 10.0 Å². The van der Waals surface area contributed by atoms with Gasteiger partial charge in [-0.05, 0) is 69.4 Å². The molecule has 3 aromatic rings. The predicted molar refractivity (Wildman–Crippen MR) is 131 cm³/mol. The Morgan fingerprint density at radius 2 is 1.68 bits per heavy atom. The zero-order chi connectivity index (χ0) is 24.1. The number of aromatic nitrogens is 2. The van der Waals surface area contributed by atoms with Gasteiger partial charge in [-0.1, -0.05) is 30.3 Å². The number of rotatable bonds is 7. The van der Waals surface area contributed by atoms with Gasteiger partial charge in [0.25, 0.3) is 0 Å². The summed E-state index contributed by atoms with van der Waals surface area (Å²) in [5, 5.41) is 3.09. The SMILES string of the molecule is Cc1ccc(-c2ccc(S(=O)(=O)NC3CCC(C(=O)N[C@H](C)c4ccccc4)CC3)cn2)cn1. The second-order valence-electron chi connectivity index (χ2n) is 8.88. The van der Waals surface area contributed by atoms with E-state index in [2.05, 4.69) is 20.0 Å². The number of hydrogen-bond donors (Lipinski definition) is 2. The van der Waals surface area contributed by atoms with E-state index in [1.54, 1.807) is 18.3 Å². The molecule has 1 aromatic carbocycles. The number of carbonyl (C=O) groups is 1. The number of carbonyl (C=O) groups excluding carboxylic acids is 1. The van der Waals surface area contributed by atoms with Gasteiger partial charge in [0.15, 0.2) is 0 Å². The zero-order valence-corrected chi connectivity index (χ0v) is 20.3. The Kier molecular flexibility index (Phi) is 7.38. The third-order valence-electron chi connectivity index (χ3n) is 6.33. The second kappa shape index (κ2) is 10.4. The molecule has 34 heavy (non-hydrogen) atoms. The van der Waals surface area contributed by atoms with Crippen LogP contribution in [0.15, 0.2) is 71.9 Å². The quantitative estimate of drug-likeness (QED) is 0.531. The minimum absolute atomic E-state index is 0.0306. The number of hydrogen-bond acceptors (Lipinski definition) is 5. The molecule has 0 aliphatic heterocycles. The highest BCUT2D eigenvalue weighted by Crippen LogP contribution is 2.27. The molecule has 0 saturated heterocycles. The van der Waals surface area contributed by atoms with E-state index in [4.69, 9.17) is 0 Å². The van der Waals surface area contributed by atoms with Crippen molar-refractivity contribution < 1.29 is 13.2 Å². The first-order valence-electron chi connectivity index (χ1n) is 11.6. The van der Waals surface area contributed by atoms with E-state index in [1.165, 1.54) is 6.20 Å². The summed E-state index contributed by atoms with van der Waals surface area (Å²) in [4.78, 5) is 21.4. The number of benzene rings is 1. The molecule has 1 aliphatic carbocycles. The van der Waals surface area contributed by atoms with Gasteiger partial charge in [0, 0.05) is 35.6 Å². The molecule has 0 radical (unpaired) electrons. The van der Waals surface area contributed by atoms with Crippen molar-refractivity contribution in [2.45, 2.75) is 56.5 Å². The summed E-state index contributed by atoms with van der Waals surface area (Å²) in [6, 6.07) is 16.7. The van der Waals surface area contributed by atoms with Crippen LogP contribution in [0.5, 0.6) is 0 Å². The van der Waals surface area contributed by atoms with Crippen LogP contribution in [-0.2, 0) is 14.8 Å². The number of nitrogens with one attached hydrogen (secondary N) is 2. The van der Waals surface area contributed by atoms with Gasteiger partial charge in [0.1, 0.15) is 4.90 Å². The van der Waals surface area contributed by atoms with Crippen molar-refractivity contribution in [3.8, 4) is 11.3 Å². The molecule has 0 spiro atoms. The van der Waals surface area contributed by atoms with E-state index in [0.717, 1.165) is 16.8 Å². The smallest absolute Gasteiger partial charge is 0.242 e. The largest absolute Gasteiger partial charge is 0.349 e. The van der Waals surface area contributed by atoms with Gasteiger partial charge in [0.2, 0.25) is 15.9 Å². The third kappa shape index (κ3) is 5.87. The summed E-state index contributed by atoms with van der Waals surface area (Å²) in [5.41, 5.74) is 3.48. The third-order valence-corrected chi connectivity index (χ3v) is 7.84. The summed E-state index contributed by atoms with van der Waals surface area (Å²) in [6.07, 6.45) is 5.65. The van der Waals surface area contributed by atoms with Gasteiger partial charge >= 0.3 is 0 Å². The Balaban J connectivity index is 1.30. The number of pyridine rings is 2. The monoisotopic (exact) mass is 478 g/mol. The van der Waals surface area contributed by atoms with Crippen molar-refractivity contribution in [3.63, 3.8) is 0 Å². The van der Waals surface area contributed by atoms with Crippen molar-refractivity contribution in [2.75, 3.05) is 0 Å². The highest BCUT2D eigenvalue weighted by Gasteiger charge is 2.30. The van der Waals surface area contributed by atoms with Crippen LogP contribution in [0, 0.1) is 12.8 Å². The van der Waals surface area contributed by atoms with Crippen molar-refractivity contribution in [1.29, 1.82) is 0 Å². The molecular formula is C26H30N4O3S. The van der Waals surface area contributed by atoms with E-state index in [-0.39, 0.29) is 28.8 Å². The lowest BCUT2D eigenvalue weighted by atomic mass is 9.85. The molecule has 7 nitrogen and oxygen atoms in total. The van der Waals surface area contributed by atoms with Gasteiger partial charge in [-0.25, -0.2) is 13.1 Å². The predicted octanol–water partition coefficient (Wildman–Crippen LogP) is 4.17. The number of aryl methyl sites for hydroxylation is 1. The van der Waals surface area contributed by atoms with Crippen molar-refractivity contribution in [2.24, 2.45) is 5.92 Å². The van der Waals surface area contributed by atoms with Crippen LogP contribution in [0.2, 0.25) is 0 Å². The van der Waals surface area contributed by atoms with Crippen LogP contribution >= 0.6 is 0 Å². The maximum absolute atomic E-state index is 12.9. The summed E-state index contributed by atoms with van der Waals surface area (Å²) in [6.45, 7) is 3.88. The minimum atomic E-state index is -3.69. The van der Waals surface area contributed by atoms with Gasteiger partial charge in [0.05, 0.1) is 11.7 Å². The van der Waals surface area contributed by atoms with E-state index in [9.17, 15) is 13.2 Å². The standard InChI is InChI=1S/C26H30N4O3S/c1-18-8-9-22(16-27-18)25-15-14-24(17-28-25)34(32,33)30-23-12-10-21(11-13-23)26(31)29-19(2)20-6-4-3-5-7-20/h3-9,14-17,19,21,23,30H,10-13H2,1-2H3,(H,29,31)/t19-,21?,23?/m1/s1. The fourth-order valence-electron chi connectivity index (χ4n) is 4.25. The Hall–Kier alpha value is -3.10. The Labute approximate surface area is 201 Å². The normalized spacial score (nSPS) is 19.4. The molecule has 2 N–H and O–H groups in total. The highest BCUT2D eigenvalue weighted by molar-refractivity contribution is 7.89. The average Bonchev–Trinajstić information content (AvgIpc) is 2.85. The summed E-state index contributed by atoms with van der Waals surface area (Å²) in [7, 11) is -3.69. The average molecular weight is 479 g/mol. The van der Waals surface area contributed by atoms with Gasteiger partial charge < -0.3 is 5.32 Å². The zero-order valence-electron chi connectivity index (χ0n) is 19.4. The van der Waals surface area contributed by atoms with Crippen molar-refractivity contribution in [1.82, 2.24) is 20.0 Å². The maximum Gasteiger partial charge on any atom is 0.242 e. The molecule has 178 valence electrons. The molecular weight excluding hydrogens is 448 g/mol. The number of nitrogens with zero attached hydrogens (tertiary/aromatic N) is 2. The molecule has 2 aromatic heterocycles. The lowest BCUT2D eigenvalue weighted by Crippen LogP contribution is -2.41. The Bertz CT molecular complexity index is 1210. The molecule has 1 saturated carbocycles. The lowest BCUT2D eigenvalue weighted by molar-refractivity contribution is -0.126. The van der Waals surface area contributed by atoms with Crippen LogP contribution in [0.3, 0.4) is 0 Å². The second-order valence-corrected chi connectivity index (χ2v) is 10.6. The summed E-state index contributed by atoms with van der Waals surface area (Å²) in [5.74, 6) is -0.0703. The van der Waals surface area contributed by atoms with E-state index >= 15 is 0 Å². The van der Waals surface area contributed by atoms with Gasteiger partial charge in [-0.3, -0.25) is 14.8 Å². The summed E-state index contributed by atoms with van der Waals surface area (Å²) < 4.78 is 28.5. The van der Waals surface area contributed by atoms with E-state index < -0.39 is 10.0 Å². The minimum Gasteiger partial charge on any atom is -0.349 e. The molecule has 4 rings (SSSR count). The molecule has 1 amide bonds. The number of sulfonamides is 1. The fourth-order valence-corrected chi connectivity index (χ4v) is 5.50. The van der Waals surface area contributed by atoms with Crippen LogP contribution in [0.25, 0.3) is 11.3 Å². The first kappa shape index (κ1) is 24.0. The molecule has 0 unspecified atom stereocenters. The molecule has 1 aliphatic rings. The van der Waals surface area contributed by atoms with Crippen molar-refractivity contribution >= 4 is 15.9 Å². The molecule has 8 heteroatoms. The van der Waals surface area contributed by atoms with Gasteiger partial charge in [-0.2, -0.15) is 0 Å². The lowest BCUT2D eigenvalue weighted by Gasteiger charge is -2.29. The van der Waals surface area contributed by atoms with Crippen LogP contribution in [0.1, 0.15) is 49.9 Å². The first-order valence-corrected chi connectivity index (χ1v) is 13.1. The van der Waals surface area contributed by atoms with Crippen LogP contribution in [0.4, 0.5) is 0 Å². The van der Waals surface area contributed by atoms with Crippen LogP contribution in [-0.4, -0.2) is 30.3 Å². The van der Waals surface area contributed by atoms with Gasteiger partial charge in [-0.15, -0.1) is 0 Å². The number of amides is 1. The Morgan fingerprint density at radius 1 is 0.941 bits per heavy atom. The summed E-state index contributed by atoms with van der Waals surface area (Å²) >= 11 is 0. The molecule has 2 heterocycles. The maximum atomic E-state index is 12.9. The highest BCUT2D eigenvalue weighted by atomic mass is 32.2. The van der Waals surface area contributed by atoms with E-state index in [0.29, 0.717) is 31.4 Å². The molecule has 0 bridgehead atoms. The van der Waals surface area contributed by atoms with Crippen molar-refractivity contribution in [3.05, 3.63) is 78.2 Å². The Morgan fingerprint density at radius 3 is 2.29 bits per heavy atom. The molecule has 1 atom stereocenters. The van der Waals surface area contributed by atoms with E-state index in [1.807, 2.05) is 56.3 Å².